The van der Waals surface area contributed by atoms with E-state index in [0.717, 1.165) is 24.0 Å². The van der Waals surface area contributed by atoms with Crippen LogP contribution in [0.1, 0.15) is 41.2 Å². The second-order valence-corrected chi connectivity index (χ2v) is 9.54. The molecule has 0 spiro atoms. The van der Waals surface area contributed by atoms with Crippen molar-refractivity contribution in [1.29, 1.82) is 0 Å². The number of aliphatic imine (C=N–C) groups is 1. The number of nitrogens with one attached hydrogen (secondary N) is 1. The summed E-state index contributed by atoms with van der Waals surface area (Å²) in [5, 5.41) is 12.3. The minimum atomic E-state index is -1.18. The lowest BCUT2D eigenvalue weighted by molar-refractivity contribution is -0.129. The van der Waals surface area contributed by atoms with Crippen LogP contribution in [0.2, 0.25) is 0 Å². The summed E-state index contributed by atoms with van der Waals surface area (Å²) in [5.41, 5.74) is 3.03. The van der Waals surface area contributed by atoms with Crippen molar-refractivity contribution in [3.63, 3.8) is 0 Å². The molecule has 0 aromatic heterocycles. The largest absolute Gasteiger partial charge is 0.494 e. The van der Waals surface area contributed by atoms with E-state index in [4.69, 9.17) is 19.6 Å². The molecule has 3 aromatic rings. The Bertz CT molecular complexity index is 1250. The summed E-state index contributed by atoms with van der Waals surface area (Å²) in [4.78, 5) is 19.0. The van der Waals surface area contributed by atoms with E-state index in [1.54, 1.807) is 6.08 Å². The maximum Gasteiger partial charge on any atom is 0.252 e. The van der Waals surface area contributed by atoms with Gasteiger partial charge < -0.3 is 19.9 Å². The SMILES string of the molecule is C=CC[C@@]1(C(=O)NC2Cc3ccccc3C2)N=C(c2ccc(OCCCO)cc2)O[C@@H]1c1ccccc1. The van der Waals surface area contributed by atoms with Crippen LogP contribution in [-0.2, 0) is 22.4 Å². The number of aliphatic hydroxyl groups excluding tert-OH is 1. The van der Waals surface area contributed by atoms with Crippen LogP contribution in [0, 0.1) is 0 Å². The number of benzene rings is 3. The lowest BCUT2D eigenvalue weighted by Crippen LogP contribution is -2.51. The molecule has 37 heavy (non-hydrogen) atoms. The molecule has 6 nitrogen and oxygen atoms in total. The highest BCUT2D eigenvalue weighted by atomic mass is 16.5. The Kier molecular flexibility index (Phi) is 7.37. The van der Waals surface area contributed by atoms with Gasteiger partial charge in [-0.1, -0.05) is 60.7 Å². The summed E-state index contributed by atoms with van der Waals surface area (Å²) in [6.45, 7) is 4.48. The number of carbonyl (C=O) groups excluding carboxylic acids is 1. The van der Waals surface area contributed by atoms with Crippen molar-refractivity contribution in [1.82, 2.24) is 5.32 Å². The number of aliphatic hydroxyl groups is 1. The topological polar surface area (TPSA) is 80.2 Å². The normalized spacial score (nSPS) is 20.6. The van der Waals surface area contributed by atoms with Gasteiger partial charge in [0.25, 0.3) is 5.91 Å². The van der Waals surface area contributed by atoms with Crippen LogP contribution in [0.5, 0.6) is 5.75 Å². The molecule has 190 valence electrons. The van der Waals surface area contributed by atoms with Gasteiger partial charge >= 0.3 is 0 Å². The number of amides is 1. The third kappa shape index (κ3) is 5.16. The molecule has 0 fully saturated rings. The number of hydrogen-bond donors (Lipinski definition) is 2. The molecule has 0 saturated heterocycles. The van der Waals surface area contributed by atoms with Crippen molar-refractivity contribution in [3.05, 3.63) is 114 Å². The summed E-state index contributed by atoms with van der Waals surface area (Å²) in [7, 11) is 0. The van der Waals surface area contributed by atoms with Gasteiger partial charge in [-0.3, -0.25) is 4.79 Å². The van der Waals surface area contributed by atoms with Gasteiger partial charge in [0.1, 0.15) is 5.75 Å². The van der Waals surface area contributed by atoms with Crippen LogP contribution in [0.4, 0.5) is 0 Å². The minimum absolute atomic E-state index is 0.0117. The summed E-state index contributed by atoms with van der Waals surface area (Å²) < 4.78 is 12.1. The average molecular weight is 497 g/mol. The molecule has 2 N–H and O–H groups in total. The van der Waals surface area contributed by atoms with Crippen molar-refractivity contribution in [3.8, 4) is 5.75 Å². The number of hydrogen-bond acceptors (Lipinski definition) is 5. The van der Waals surface area contributed by atoms with E-state index in [1.165, 1.54) is 11.1 Å². The summed E-state index contributed by atoms with van der Waals surface area (Å²) in [5.74, 6) is 0.965. The summed E-state index contributed by atoms with van der Waals surface area (Å²) in [6, 6.07) is 25.6. The first-order valence-corrected chi connectivity index (χ1v) is 12.8. The van der Waals surface area contributed by atoms with Gasteiger partial charge in [-0.25, -0.2) is 4.99 Å². The quantitative estimate of drug-likeness (QED) is 0.318. The van der Waals surface area contributed by atoms with E-state index in [2.05, 4.69) is 24.0 Å². The average Bonchev–Trinajstić information content (AvgIpc) is 3.52. The third-order valence-corrected chi connectivity index (χ3v) is 6.97. The molecule has 1 aliphatic heterocycles. The number of nitrogens with zero attached hydrogens (tertiary/aromatic N) is 1. The highest BCUT2D eigenvalue weighted by molar-refractivity contribution is 6.01. The predicted molar refractivity (Wildman–Crippen MR) is 144 cm³/mol. The summed E-state index contributed by atoms with van der Waals surface area (Å²) >= 11 is 0. The van der Waals surface area contributed by atoms with Gasteiger partial charge in [0.05, 0.1) is 6.61 Å². The Hall–Kier alpha value is -3.90. The van der Waals surface area contributed by atoms with Crippen LogP contribution in [0.3, 0.4) is 0 Å². The van der Waals surface area contributed by atoms with Gasteiger partial charge in [0.15, 0.2) is 11.6 Å². The zero-order chi connectivity index (χ0) is 25.7. The third-order valence-electron chi connectivity index (χ3n) is 6.97. The minimum Gasteiger partial charge on any atom is -0.494 e. The molecule has 0 bridgehead atoms. The highest BCUT2D eigenvalue weighted by Gasteiger charge is 2.53. The molecule has 5 rings (SSSR count). The zero-order valence-corrected chi connectivity index (χ0v) is 20.8. The van der Waals surface area contributed by atoms with Gasteiger partial charge in [-0.05, 0) is 53.8 Å². The van der Waals surface area contributed by atoms with Crippen LogP contribution < -0.4 is 10.1 Å². The van der Waals surface area contributed by atoms with E-state index in [1.807, 2.05) is 66.7 Å². The molecule has 0 radical (unpaired) electrons. The van der Waals surface area contributed by atoms with Gasteiger partial charge in [0, 0.05) is 31.1 Å². The first kappa shape index (κ1) is 24.8. The lowest BCUT2D eigenvalue weighted by atomic mass is 9.84. The smallest absolute Gasteiger partial charge is 0.252 e. The van der Waals surface area contributed by atoms with Gasteiger partial charge in [0.2, 0.25) is 5.90 Å². The van der Waals surface area contributed by atoms with Crippen molar-refractivity contribution in [2.24, 2.45) is 4.99 Å². The van der Waals surface area contributed by atoms with Crippen LogP contribution in [0.15, 0.2) is 96.5 Å². The fourth-order valence-electron chi connectivity index (χ4n) is 5.13. The molecule has 0 unspecified atom stereocenters. The van der Waals surface area contributed by atoms with Crippen molar-refractivity contribution in [2.75, 3.05) is 13.2 Å². The number of rotatable bonds is 10. The van der Waals surface area contributed by atoms with E-state index in [0.29, 0.717) is 31.1 Å². The van der Waals surface area contributed by atoms with Crippen LogP contribution >= 0.6 is 0 Å². The fraction of sp³-hybridized carbons (Fsp3) is 0.290. The Labute approximate surface area is 217 Å². The van der Waals surface area contributed by atoms with E-state index < -0.39 is 11.6 Å². The second kappa shape index (κ2) is 11.0. The molecule has 1 amide bonds. The first-order valence-electron chi connectivity index (χ1n) is 12.8. The Morgan fingerprint density at radius 2 is 1.73 bits per heavy atom. The molecular formula is C31H32N2O4. The van der Waals surface area contributed by atoms with Gasteiger partial charge in [-0.15, -0.1) is 6.58 Å². The Balaban J connectivity index is 1.44. The van der Waals surface area contributed by atoms with Crippen LogP contribution in [-0.4, -0.2) is 41.7 Å². The van der Waals surface area contributed by atoms with E-state index in [-0.39, 0.29) is 18.6 Å². The Morgan fingerprint density at radius 1 is 1.05 bits per heavy atom. The van der Waals surface area contributed by atoms with Gasteiger partial charge in [-0.2, -0.15) is 0 Å². The van der Waals surface area contributed by atoms with Crippen molar-refractivity contribution in [2.45, 2.75) is 43.4 Å². The number of ether oxygens (including phenoxy) is 2. The molecule has 3 aromatic carbocycles. The fourth-order valence-corrected chi connectivity index (χ4v) is 5.13. The first-order chi connectivity index (χ1) is 18.1. The zero-order valence-electron chi connectivity index (χ0n) is 20.8. The highest BCUT2D eigenvalue weighted by Crippen LogP contribution is 2.43. The standard InChI is InChI=1S/C31H32N2O4/c1-2-17-31(30(35)32-26-20-24-11-6-7-12-25(24)21-26)28(22-9-4-3-5-10-22)37-29(33-31)23-13-15-27(16-14-23)36-19-8-18-34/h2-7,9-16,26,28,34H,1,8,17-21H2,(H,32,35)/t28-,31-/m1/s1. The van der Waals surface area contributed by atoms with Crippen LogP contribution in [0.25, 0.3) is 0 Å². The second-order valence-electron chi connectivity index (χ2n) is 9.54. The molecular weight excluding hydrogens is 464 g/mol. The maximum absolute atomic E-state index is 14.0. The molecule has 0 saturated carbocycles. The van der Waals surface area contributed by atoms with E-state index in [9.17, 15) is 4.79 Å². The monoisotopic (exact) mass is 496 g/mol. The molecule has 6 heteroatoms. The lowest BCUT2D eigenvalue weighted by Gasteiger charge is -2.31. The number of fused-ring (bicyclic) bond motifs is 1. The predicted octanol–water partition coefficient (Wildman–Crippen LogP) is 4.56. The maximum atomic E-state index is 14.0. The molecule has 2 aliphatic rings. The summed E-state index contributed by atoms with van der Waals surface area (Å²) in [6.07, 6.45) is 3.67. The Morgan fingerprint density at radius 3 is 2.38 bits per heavy atom. The number of carbonyl (C=O) groups is 1. The molecule has 1 aliphatic carbocycles. The van der Waals surface area contributed by atoms with Crippen molar-refractivity contribution < 1.29 is 19.4 Å². The van der Waals surface area contributed by atoms with Crippen molar-refractivity contribution >= 4 is 11.8 Å². The molecule has 2 atom stereocenters. The molecule has 1 heterocycles. The van der Waals surface area contributed by atoms with E-state index >= 15 is 0 Å².